The molecule has 0 fully saturated rings. The first kappa shape index (κ1) is 35.2. The van der Waals surface area contributed by atoms with Crippen LogP contribution in [0, 0.1) is 0 Å². The van der Waals surface area contributed by atoms with Gasteiger partial charge in [0, 0.05) is 47.2 Å². The van der Waals surface area contributed by atoms with Gasteiger partial charge < -0.3 is 9.97 Å². The van der Waals surface area contributed by atoms with Gasteiger partial charge >= 0.3 is 0 Å². The van der Waals surface area contributed by atoms with Gasteiger partial charge in [0.05, 0.1) is 0 Å². The number of nitrogens with one attached hydrogen (secondary N) is 2. The topological polar surface area (TPSA) is 31.6 Å². The molecule has 2 N–H and O–H groups in total. The largest absolute Gasteiger partial charge is 0.361 e. The molecule has 0 aliphatic carbocycles. The van der Waals surface area contributed by atoms with Crippen molar-refractivity contribution in [1.82, 2.24) is 9.97 Å². The molecule has 2 aromatic heterocycles. The average Bonchev–Trinajstić information content (AvgIpc) is 3.90. The summed E-state index contributed by atoms with van der Waals surface area (Å²) >= 11 is 13.4. The van der Waals surface area contributed by atoms with Gasteiger partial charge in [-0.3, -0.25) is 0 Å². The zero-order valence-corrected chi connectivity index (χ0v) is 32.7. The second kappa shape index (κ2) is 15.3. The van der Waals surface area contributed by atoms with Gasteiger partial charge in [-0.1, -0.05) is 206 Å². The molecule has 53 heavy (non-hydrogen) atoms. The van der Waals surface area contributed by atoms with Gasteiger partial charge in [-0.25, -0.2) is 0 Å². The van der Waals surface area contributed by atoms with Crippen LogP contribution in [0.2, 0.25) is 0 Å². The van der Waals surface area contributed by atoms with Crippen molar-refractivity contribution in [2.75, 3.05) is 0 Å². The van der Waals surface area contributed by atoms with Gasteiger partial charge in [-0.2, -0.15) is 0 Å². The molecule has 260 valence electrons. The molecule has 6 heteroatoms. The molecular formula is C47H40N2P2S2. The summed E-state index contributed by atoms with van der Waals surface area (Å²) in [4.78, 5) is 7.96. The lowest BCUT2D eigenvalue weighted by Gasteiger charge is -2.34. The molecule has 0 radical (unpaired) electrons. The molecule has 0 amide bonds. The minimum absolute atomic E-state index is 0.664. The van der Waals surface area contributed by atoms with Gasteiger partial charge in [0.1, 0.15) is 5.41 Å². The lowest BCUT2D eigenvalue weighted by molar-refractivity contribution is 0.694. The predicted molar refractivity (Wildman–Crippen MR) is 234 cm³/mol. The van der Waals surface area contributed by atoms with Crippen molar-refractivity contribution in [3.8, 4) is 0 Å². The summed E-state index contributed by atoms with van der Waals surface area (Å²) in [6, 6.07) is 69.0. The van der Waals surface area contributed by atoms with E-state index in [0.717, 1.165) is 35.1 Å². The molecule has 2 nitrogen and oxygen atoms in total. The van der Waals surface area contributed by atoms with E-state index in [1.54, 1.807) is 0 Å². The van der Waals surface area contributed by atoms with E-state index < -0.39 is 17.5 Å². The smallest absolute Gasteiger partial charge is 0.100 e. The molecule has 0 atom stereocenters. The van der Waals surface area contributed by atoms with Crippen molar-refractivity contribution < 1.29 is 0 Å². The SMILES string of the molecule is S=P(Cc1ccc(C(c2ccccc2)(c2ccccc2)c2ccc(CP(=S)(c3ccccc3)c3ccccc3)[nH]2)[nH]1)(c1ccccc1)c1ccccc1. The van der Waals surface area contributed by atoms with Crippen molar-refractivity contribution in [1.29, 1.82) is 0 Å². The molecular weight excluding hydrogens is 719 g/mol. The highest BCUT2D eigenvalue weighted by atomic mass is 32.4. The highest BCUT2D eigenvalue weighted by molar-refractivity contribution is 8.21. The molecule has 0 aliphatic heterocycles. The fraction of sp³-hybridized carbons (Fsp3) is 0.0638. The highest BCUT2D eigenvalue weighted by Gasteiger charge is 2.41. The Hall–Kier alpha value is -4.82. The lowest BCUT2D eigenvalue weighted by Crippen LogP contribution is -2.32. The minimum atomic E-state index is -2.19. The van der Waals surface area contributed by atoms with E-state index in [2.05, 4.69) is 216 Å². The summed E-state index contributed by atoms with van der Waals surface area (Å²) in [7, 11) is 0. The maximum atomic E-state index is 6.71. The van der Waals surface area contributed by atoms with E-state index in [4.69, 9.17) is 23.6 Å². The number of hydrogen-bond donors (Lipinski definition) is 2. The maximum Gasteiger partial charge on any atom is 0.100 e. The normalized spacial score (nSPS) is 12.1. The molecule has 0 spiro atoms. The summed E-state index contributed by atoms with van der Waals surface area (Å²) in [5.41, 5.74) is 6.11. The van der Waals surface area contributed by atoms with E-state index in [9.17, 15) is 0 Å². The van der Waals surface area contributed by atoms with E-state index >= 15 is 0 Å². The molecule has 0 unspecified atom stereocenters. The van der Waals surface area contributed by atoms with Crippen LogP contribution in [0.15, 0.2) is 206 Å². The van der Waals surface area contributed by atoms with Crippen LogP contribution >= 0.6 is 12.1 Å². The number of aromatic nitrogens is 2. The minimum Gasteiger partial charge on any atom is -0.361 e. The Kier molecular flexibility index (Phi) is 10.1. The second-order valence-electron chi connectivity index (χ2n) is 13.4. The maximum absolute atomic E-state index is 6.71. The van der Waals surface area contributed by atoms with Crippen molar-refractivity contribution in [2.24, 2.45) is 0 Å². The fourth-order valence-electron chi connectivity index (χ4n) is 7.63. The monoisotopic (exact) mass is 758 g/mol. The van der Waals surface area contributed by atoms with Crippen LogP contribution < -0.4 is 21.2 Å². The first-order chi connectivity index (χ1) is 26.0. The Morgan fingerprint density at radius 2 is 0.604 bits per heavy atom. The average molecular weight is 759 g/mol. The van der Waals surface area contributed by atoms with Crippen molar-refractivity contribution >= 4 is 56.9 Å². The standard InChI is InChI=1S/C47H40N2P2S2/c52-50(41-23-11-3-12-24-41,42-25-13-4-14-26-42)35-39-31-33-45(48-39)47(37-19-7-1-8-20-37,38-21-9-2-10-22-38)46-34-32-40(49-46)36-51(53,43-27-15-5-16-28-43)44-29-17-6-18-30-44/h1-34,48-49H,35-36H2. The molecule has 0 saturated carbocycles. The van der Waals surface area contributed by atoms with Crippen LogP contribution in [0.5, 0.6) is 0 Å². The number of benzene rings is 6. The van der Waals surface area contributed by atoms with Crippen molar-refractivity contribution in [3.05, 3.63) is 240 Å². The first-order valence-corrected chi connectivity index (χ1v) is 23.9. The number of rotatable bonds is 12. The molecule has 0 aliphatic rings. The Balaban J connectivity index is 1.27. The van der Waals surface area contributed by atoms with Crippen molar-refractivity contribution in [3.63, 3.8) is 0 Å². The molecule has 0 saturated heterocycles. The summed E-state index contributed by atoms with van der Waals surface area (Å²) in [6.07, 6.45) is 1.48. The number of aromatic amines is 2. The van der Waals surface area contributed by atoms with Crippen LogP contribution in [-0.4, -0.2) is 9.97 Å². The first-order valence-electron chi connectivity index (χ1n) is 17.9. The van der Waals surface area contributed by atoms with Crippen LogP contribution in [0.4, 0.5) is 0 Å². The summed E-state index contributed by atoms with van der Waals surface area (Å²) in [6.45, 7) is 0. The van der Waals surface area contributed by atoms with Crippen molar-refractivity contribution in [2.45, 2.75) is 17.7 Å². The van der Waals surface area contributed by atoms with Crippen LogP contribution in [0.1, 0.15) is 33.9 Å². The molecule has 2 heterocycles. The third-order valence-electron chi connectivity index (χ3n) is 10.2. The van der Waals surface area contributed by atoms with Crippen LogP contribution in [-0.2, 0) is 41.4 Å². The van der Waals surface area contributed by atoms with E-state index in [1.165, 1.54) is 32.3 Å². The molecule has 0 bridgehead atoms. The Morgan fingerprint density at radius 3 is 0.887 bits per heavy atom. The van der Waals surface area contributed by atoms with Gasteiger partial charge in [-0.05, 0) is 56.6 Å². The Bertz CT molecular complexity index is 2230. The lowest BCUT2D eigenvalue weighted by atomic mass is 9.69. The number of hydrogen-bond acceptors (Lipinski definition) is 2. The molecule has 6 aromatic carbocycles. The van der Waals surface area contributed by atoms with Gasteiger partial charge in [0.15, 0.2) is 0 Å². The third kappa shape index (κ3) is 6.78. The third-order valence-corrected chi connectivity index (χ3v) is 19.6. The van der Waals surface area contributed by atoms with Gasteiger partial charge in [-0.15, -0.1) is 0 Å². The van der Waals surface area contributed by atoms with E-state index in [0.29, 0.717) is 0 Å². The van der Waals surface area contributed by atoms with E-state index in [1.807, 2.05) is 0 Å². The zero-order valence-electron chi connectivity index (χ0n) is 29.3. The Morgan fingerprint density at radius 1 is 0.340 bits per heavy atom. The second-order valence-corrected chi connectivity index (χ2v) is 22.8. The summed E-state index contributed by atoms with van der Waals surface area (Å²) < 4.78 is 0. The predicted octanol–water partition coefficient (Wildman–Crippen LogP) is 9.99. The summed E-state index contributed by atoms with van der Waals surface area (Å²) in [5.74, 6) is 0. The molecule has 8 aromatic rings. The Labute approximate surface area is 323 Å². The van der Waals surface area contributed by atoms with Gasteiger partial charge in [0.25, 0.3) is 0 Å². The molecule has 8 rings (SSSR count). The van der Waals surface area contributed by atoms with E-state index in [-0.39, 0.29) is 0 Å². The quantitative estimate of drug-likeness (QED) is 0.122. The van der Waals surface area contributed by atoms with Crippen LogP contribution in [0.25, 0.3) is 0 Å². The number of H-pyrrole nitrogens is 2. The fourth-order valence-corrected chi connectivity index (χ4v) is 15.2. The van der Waals surface area contributed by atoms with Gasteiger partial charge in [0.2, 0.25) is 0 Å². The zero-order chi connectivity index (χ0) is 36.1. The summed E-state index contributed by atoms with van der Waals surface area (Å²) in [5, 5.41) is 4.88. The highest BCUT2D eigenvalue weighted by Crippen LogP contribution is 2.51. The van der Waals surface area contributed by atoms with Crippen LogP contribution in [0.3, 0.4) is 0 Å².